The minimum absolute atomic E-state index is 0.0821. The molecule has 1 aliphatic heterocycles. The molecule has 2 unspecified atom stereocenters. The summed E-state index contributed by atoms with van der Waals surface area (Å²) in [6.07, 6.45) is 3.05. The molecule has 1 aromatic carbocycles. The summed E-state index contributed by atoms with van der Waals surface area (Å²) in [6.45, 7) is 5.03. The Morgan fingerprint density at radius 1 is 1.15 bits per heavy atom. The third-order valence-corrected chi connectivity index (χ3v) is 6.24. The Hall–Kier alpha value is -3.49. The summed E-state index contributed by atoms with van der Waals surface area (Å²) < 4.78 is 38.5. The highest BCUT2D eigenvalue weighted by atomic mass is 19.4. The molecule has 3 aromatic rings. The number of alkyl halides is 3. The van der Waals surface area contributed by atoms with E-state index in [0.717, 1.165) is 41.8 Å². The Kier molecular flexibility index (Phi) is 6.81. The summed E-state index contributed by atoms with van der Waals surface area (Å²) in [5.41, 5.74) is 2.29. The van der Waals surface area contributed by atoms with Crippen molar-refractivity contribution in [2.24, 2.45) is 5.92 Å². The molecule has 1 fully saturated rings. The van der Waals surface area contributed by atoms with Crippen LogP contribution in [0.1, 0.15) is 41.3 Å². The molecule has 0 saturated carbocycles. The van der Waals surface area contributed by atoms with Crippen LogP contribution in [0.2, 0.25) is 0 Å². The summed E-state index contributed by atoms with van der Waals surface area (Å²) in [7, 11) is 0. The van der Waals surface area contributed by atoms with Gasteiger partial charge in [-0.3, -0.25) is 4.79 Å². The first kappa shape index (κ1) is 23.7. The Bertz CT molecular complexity index is 1140. The molecule has 2 atom stereocenters. The number of aryl methyl sites for hydroxylation is 1. The van der Waals surface area contributed by atoms with Gasteiger partial charge in [-0.25, -0.2) is 15.0 Å². The molecular weight excluding hydrogens is 443 g/mol. The Labute approximate surface area is 196 Å². The third-order valence-electron chi connectivity index (χ3n) is 6.24. The van der Waals surface area contributed by atoms with E-state index in [1.54, 1.807) is 12.4 Å². The molecule has 1 saturated heterocycles. The number of nitrogens with zero attached hydrogens (tertiary/aromatic N) is 4. The van der Waals surface area contributed by atoms with E-state index in [2.05, 4.69) is 27.2 Å². The van der Waals surface area contributed by atoms with E-state index >= 15 is 0 Å². The number of hydrogen-bond acceptors (Lipinski definition) is 5. The number of likely N-dealkylation sites (tertiary alicyclic amines) is 1. The largest absolute Gasteiger partial charge is 0.417 e. The fourth-order valence-electron chi connectivity index (χ4n) is 4.37. The lowest BCUT2D eigenvalue weighted by Gasteiger charge is -2.40. The monoisotopic (exact) mass is 469 g/mol. The third kappa shape index (κ3) is 5.18. The van der Waals surface area contributed by atoms with E-state index in [9.17, 15) is 18.0 Å². The molecule has 6 nitrogen and oxygen atoms in total. The number of hydrogen-bond donors (Lipinski definition) is 1. The van der Waals surface area contributed by atoms with Crippen molar-refractivity contribution < 1.29 is 18.0 Å². The number of anilines is 1. The zero-order chi connectivity index (χ0) is 24.3. The van der Waals surface area contributed by atoms with Crippen molar-refractivity contribution in [2.75, 3.05) is 18.4 Å². The highest BCUT2D eigenvalue weighted by Gasteiger charge is 2.34. The molecule has 0 aliphatic carbocycles. The molecule has 2 aromatic heterocycles. The van der Waals surface area contributed by atoms with E-state index in [-0.39, 0.29) is 17.9 Å². The SMILES string of the molecule is Cc1ccc(-c2cncnc2)c(C(=O)N2CCCC(C)C2CNc2ccc(C(F)(F)F)cn2)c1. The van der Waals surface area contributed by atoms with Crippen molar-refractivity contribution in [3.05, 3.63) is 71.9 Å². The van der Waals surface area contributed by atoms with Crippen LogP contribution in [0, 0.1) is 12.8 Å². The standard InChI is InChI=1S/C25H26F3N5O/c1-16-5-7-20(18-11-29-15-30-12-18)21(10-16)24(34)33-9-3-4-17(2)22(33)14-32-23-8-6-19(13-31-23)25(26,27)28/h5-8,10-13,15,17,22H,3-4,9,14H2,1-2H3,(H,31,32). The maximum atomic E-state index is 13.8. The number of halogens is 3. The first-order chi connectivity index (χ1) is 16.2. The molecule has 0 bridgehead atoms. The van der Waals surface area contributed by atoms with Crippen LogP contribution in [0.3, 0.4) is 0 Å². The van der Waals surface area contributed by atoms with Gasteiger partial charge in [0, 0.05) is 42.8 Å². The quantitative estimate of drug-likeness (QED) is 0.555. The predicted octanol–water partition coefficient (Wildman–Crippen LogP) is 5.22. The van der Waals surface area contributed by atoms with E-state index in [0.29, 0.717) is 24.5 Å². The molecular formula is C25H26F3N5O. The normalized spacial score (nSPS) is 18.6. The summed E-state index contributed by atoms with van der Waals surface area (Å²) in [6, 6.07) is 7.93. The Morgan fingerprint density at radius 3 is 2.59 bits per heavy atom. The van der Waals surface area contributed by atoms with E-state index in [1.807, 2.05) is 30.0 Å². The second-order valence-electron chi connectivity index (χ2n) is 8.67. The molecule has 4 rings (SSSR count). The lowest BCUT2D eigenvalue weighted by molar-refractivity contribution is -0.137. The van der Waals surface area contributed by atoms with Crippen LogP contribution in [0.25, 0.3) is 11.1 Å². The average Bonchev–Trinajstić information content (AvgIpc) is 2.83. The van der Waals surface area contributed by atoms with Crippen LogP contribution in [-0.4, -0.2) is 44.9 Å². The topological polar surface area (TPSA) is 71.0 Å². The van der Waals surface area contributed by atoms with Crippen LogP contribution in [-0.2, 0) is 6.18 Å². The maximum absolute atomic E-state index is 13.8. The number of piperidine rings is 1. The molecule has 178 valence electrons. The minimum atomic E-state index is -4.43. The smallest absolute Gasteiger partial charge is 0.368 e. The molecule has 1 N–H and O–H groups in total. The van der Waals surface area contributed by atoms with Gasteiger partial charge < -0.3 is 10.2 Å². The van der Waals surface area contributed by atoms with Crippen molar-refractivity contribution in [2.45, 2.75) is 38.9 Å². The van der Waals surface area contributed by atoms with Crippen molar-refractivity contribution >= 4 is 11.7 Å². The average molecular weight is 470 g/mol. The molecule has 34 heavy (non-hydrogen) atoms. The lowest BCUT2D eigenvalue weighted by Crippen LogP contribution is -2.51. The van der Waals surface area contributed by atoms with Gasteiger partial charge in [0.15, 0.2) is 0 Å². The predicted molar refractivity (Wildman–Crippen MR) is 123 cm³/mol. The molecule has 1 aliphatic rings. The van der Waals surface area contributed by atoms with Crippen LogP contribution in [0.15, 0.2) is 55.2 Å². The van der Waals surface area contributed by atoms with Gasteiger partial charge in [0.05, 0.1) is 11.6 Å². The van der Waals surface area contributed by atoms with Gasteiger partial charge in [-0.2, -0.15) is 13.2 Å². The van der Waals surface area contributed by atoms with Crippen LogP contribution in [0.4, 0.5) is 19.0 Å². The molecule has 3 heterocycles. The van der Waals surface area contributed by atoms with Crippen molar-refractivity contribution in [3.8, 4) is 11.1 Å². The highest BCUT2D eigenvalue weighted by molar-refractivity contribution is 6.01. The summed E-state index contributed by atoms with van der Waals surface area (Å²) >= 11 is 0. The van der Waals surface area contributed by atoms with E-state index in [1.165, 1.54) is 12.4 Å². The number of carbonyl (C=O) groups excluding carboxylic acids is 1. The Morgan fingerprint density at radius 2 is 1.91 bits per heavy atom. The van der Waals surface area contributed by atoms with Crippen molar-refractivity contribution in [1.82, 2.24) is 19.9 Å². The van der Waals surface area contributed by atoms with Crippen molar-refractivity contribution in [1.29, 1.82) is 0 Å². The summed E-state index contributed by atoms with van der Waals surface area (Å²) in [5.74, 6) is 0.477. The maximum Gasteiger partial charge on any atom is 0.417 e. The van der Waals surface area contributed by atoms with Gasteiger partial charge in [0.25, 0.3) is 5.91 Å². The van der Waals surface area contributed by atoms with Gasteiger partial charge in [0.2, 0.25) is 0 Å². The second-order valence-corrected chi connectivity index (χ2v) is 8.67. The number of amides is 1. The summed E-state index contributed by atoms with van der Waals surface area (Å²) in [5, 5.41) is 3.13. The minimum Gasteiger partial charge on any atom is -0.368 e. The number of aromatic nitrogens is 3. The fourth-order valence-corrected chi connectivity index (χ4v) is 4.37. The Balaban J connectivity index is 1.57. The van der Waals surface area contributed by atoms with E-state index < -0.39 is 11.7 Å². The van der Waals surface area contributed by atoms with Gasteiger partial charge in [-0.05, 0) is 49.4 Å². The van der Waals surface area contributed by atoms with E-state index in [4.69, 9.17) is 0 Å². The number of carbonyl (C=O) groups is 1. The second kappa shape index (κ2) is 9.79. The number of rotatable bonds is 5. The van der Waals surface area contributed by atoms with Crippen LogP contribution >= 0.6 is 0 Å². The zero-order valence-electron chi connectivity index (χ0n) is 19.0. The number of benzene rings is 1. The van der Waals surface area contributed by atoms with Gasteiger partial charge in [-0.15, -0.1) is 0 Å². The van der Waals surface area contributed by atoms with Gasteiger partial charge in [0.1, 0.15) is 12.1 Å². The first-order valence-electron chi connectivity index (χ1n) is 11.2. The summed E-state index contributed by atoms with van der Waals surface area (Å²) in [4.78, 5) is 27.7. The van der Waals surface area contributed by atoms with Gasteiger partial charge >= 0.3 is 6.18 Å². The molecule has 0 spiro atoms. The molecule has 9 heteroatoms. The lowest BCUT2D eigenvalue weighted by atomic mass is 9.89. The van der Waals surface area contributed by atoms with Gasteiger partial charge in [-0.1, -0.05) is 24.6 Å². The highest BCUT2D eigenvalue weighted by Crippen LogP contribution is 2.31. The van der Waals surface area contributed by atoms with Crippen LogP contribution in [0.5, 0.6) is 0 Å². The first-order valence-corrected chi connectivity index (χ1v) is 11.2. The number of pyridine rings is 1. The van der Waals surface area contributed by atoms with Crippen molar-refractivity contribution in [3.63, 3.8) is 0 Å². The zero-order valence-corrected chi connectivity index (χ0v) is 19.0. The molecule has 1 amide bonds. The number of nitrogens with one attached hydrogen (secondary N) is 1. The van der Waals surface area contributed by atoms with Crippen LogP contribution < -0.4 is 5.32 Å². The fraction of sp³-hybridized carbons (Fsp3) is 0.360. The molecule has 0 radical (unpaired) electrons.